The van der Waals surface area contributed by atoms with Crippen LogP contribution in [0.3, 0.4) is 0 Å². The van der Waals surface area contributed by atoms with Crippen molar-refractivity contribution in [2.45, 2.75) is 6.10 Å². The molecule has 1 saturated heterocycles. The van der Waals surface area contributed by atoms with Gasteiger partial charge >= 0.3 is 0 Å². The molecule has 90 valence electrons. The molecule has 1 amide bonds. The lowest BCUT2D eigenvalue weighted by molar-refractivity contribution is -0.139. The van der Waals surface area contributed by atoms with Crippen molar-refractivity contribution >= 4 is 17.7 Å². The fourth-order valence-electron chi connectivity index (χ4n) is 1.93. The Bertz CT molecular complexity index is 432. The van der Waals surface area contributed by atoms with E-state index in [-0.39, 0.29) is 5.91 Å². The van der Waals surface area contributed by atoms with Gasteiger partial charge < -0.3 is 14.4 Å². The maximum atomic E-state index is 12.1. The van der Waals surface area contributed by atoms with Crippen LogP contribution in [0.4, 0.5) is 0 Å². The topological polar surface area (TPSA) is 38.8 Å². The molecule has 1 fully saturated rings. The van der Waals surface area contributed by atoms with Crippen molar-refractivity contribution in [2.75, 3.05) is 24.8 Å². The minimum atomic E-state index is -0.497. The van der Waals surface area contributed by atoms with Crippen LogP contribution in [0.1, 0.15) is 0 Å². The van der Waals surface area contributed by atoms with E-state index in [1.807, 2.05) is 29.2 Å². The Kier molecular flexibility index (Phi) is 2.84. The van der Waals surface area contributed by atoms with Gasteiger partial charge in [0, 0.05) is 12.3 Å². The Morgan fingerprint density at radius 3 is 2.94 bits per heavy atom. The molecule has 0 bridgehead atoms. The van der Waals surface area contributed by atoms with Gasteiger partial charge in [-0.1, -0.05) is 12.1 Å². The molecule has 0 radical (unpaired) electrons. The lowest BCUT2D eigenvalue weighted by Crippen LogP contribution is -2.45. The van der Waals surface area contributed by atoms with Gasteiger partial charge in [-0.2, -0.15) is 0 Å². The SMILES string of the molecule is O=C(C1COc2ccccc2O1)N1CCSC1. The van der Waals surface area contributed by atoms with Crippen LogP contribution in [0.15, 0.2) is 24.3 Å². The number of carbonyl (C=O) groups excluding carboxylic acids is 1. The van der Waals surface area contributed by atoms with E-state index in [1.165, 1.54) is 0 Å². The number of thioether (sulfide) groups is 1. The van der Waals surface area contributed by atoms with E-state index in [0.717, 1.165) is 18.2 Å². The average Bonchev–Trinajstić information content (AvgIpc) is 2.91. The number of para-hydroxylation sites is 2. The van der Waals surface area contributed by atoms with Crippen LogP contribution in [0.5, 0.6) is 11.5 Å². The molecule has 1 aromatic carbocycles. The molecule has 1 atom stereocenters. The van der Waals surface area contributed by atoms with E-state index in [4.69, 9.17) is 9.47 Å². The summed E-state index contributed by atoms with van der Waals surface area (Å²) in [5, 5.41) is 0. The lowest BCUT2D eigenvalue weighted by Gasteiger charge is -2.28. The maximum absolute atomic E-state index is 12.1. The Balaban J connectivity index is 1.73. The number of hydrogen-bond acceptors (Lipinski definition) is 4. The number of amides is 1. The third-order valence-corrected chi connectivity index (χ3v) is 3.81. The number of fused-ring (bicyclic) bond motifs is 1. The van der Waals surface area contributed by atoms with Gasteiger partial charge in [-0.05, 0) is 12.1 Å². The van der Waals surface area contributed by atoms with Crippen LogP contribution in [0.2, 0.25) is 0 Å². The zero-order valence-corrected chi connectivity index (χ0v) is 10.1. The molecule has 5 heteroatoms. The van der Waals surface area contributed by atoms with Crippen LogP contribution in [-0.4, -0.2) is 41.7 Å². The number of ether oxygens (including phenoxy) is 2. The molecular weight excluding hydrogens is 238 g/mol. The quantitative estimate of drug-likeness (QED) is 0.755. The van der Waals surface area contributed by atoms with E-state index >= 15 is 0 Å². The molecule has 1 unspecified atom stereocenters. The average molecular weight is 251 g/mol. The van der Waals surface area contributed by atoms with Crippen molar-refractivity contribution in [2.24, 2.45) is 0 Å². The van der Waals surface area contributed by atoms with E-state index in [1.54, 1.807) is 11.8 Å². The van der Waals surface area contributed by atoms with Crippen LogP contribution in [-0.2, 0) is 4.79 Å². The molecule has 2 aliphatic rings. The molecule has 0 spiro atoms. The number of nitrogens with zero attached hydrogens (tertiary/aromatic N) is 1. The Morgan fingerprint density at radius 2 is 2.18 bits per heavy atom. The second kappa shape index (κ2) is 4.49. The number of benzene rings is 1. The molecule has 2 aliphatic heterocycles. The first kappa shape index (κ1) is 10.8. The number of hydrogen-bond donors (Lipinski definition) is 0. The summed E-state index contributed by atoms with van der Waals surface area (Å²) in [6.07, 6.45) is -0.497. The van der Waals surface area contributed by atoms with Gasteiger partial charge in [-0.25, -0.2) is 0 Å². The summed E-state index contributed by atoms with van der Waals surface area (Å²) < 4.78 is 11.2. The Hall–Kier alpha value is -1.36. The van der Waals surface area contributed by atoms with E-state index in [2.05, 4.69) is 0 Å². The fourth-order valence-corrected chi connectivity index (χ4v) is 2.89. The second-order valence-electron chi connectivity index (χ2n) is 4.00. The largest absolute Gasteiger partial charge is 0.485 e. The summed E-state index contributed by atoms with van der Waals surface area (Å²) in [6.45, 7) is 1.11. The van der Waals surface area contributed by atoms with E-state index < -0.39 is 6.10 Å². The first-order valence-electron chi connectivity index (χ1n) is 5.59. The molecule has 1 aromatic rings. The standard InChI is InChI=1S/C12H13NO3S/c14-12(13-5-6-17-8-13)11-7-15-9-3-1-2-4-10(9)16-11/h1-4,11H,5-8H2. The van der Waals surface area contributed by atoms with Gasteiger partial charge in [-0.3, -0.25) is 4.79 Å². The van der Waals surface area contributed by atoms with Crippen LogP contribution < -0.4 is 9.47 Å². The van der Waals surface area contributed by atoms with E-state index in [0.29, 0.717) is 18.1 Å². The van der Waals surface area contributed by atoms with Crippen molar-refractivity contribution in [1.29, 1.82) is 0 Å². The summed E-state index contributed by atoms with van der Waals surface area (Å²) >= 11 is 1.77. The third kappa shape index (κ3) is 2.07. The highest BCUT2D eigenvalue weighted by molar-refractivity contribution is 7.99. The molecule has 0 aromatic heterocycles. The van der Waals surface area contributed by atoms with E-state index in [9.17, 15) is 4.79 Å². The van der Waals surface area contributed by atoms with Gasteiger partial charge in [0.25, 0.3) is 5.91 Å². The maximum Gasteiger partial charge on any atom is 0.267 e. The highest BCUT2D eigenvalue weighted by Crippen LogP contribution is 2.31. The van der Waals surface area contributed by atoms with Crippen LogP contribution >= 0.6 is 11.8 Å². The summed E-state index contributed by atoms with van der Waals surface area (Å²) in [4.78, 5) is 13.9. The van der Waals surface area contributed by atoms with Crippen molar-refractivity contribution in [3.05, 3.63) is 24.3 Å². The van der Waals surface area contributed by atoms with Gasteiger partial charge in [0.05, 0.1) is 5.88 Å². The summed E-state index contributed by atoms with van der Waals surface area (Å²) in [7, 11) is 0. The summed E-state index contributed by atoms with van der Waals surface area (Å²) in [6, 6.07) is 7.44. The zero-order chi connectivity index (χ0) is 11.7. The van der Waals surface area contributed by atoms with Gasteiger partial charge in [0.15, 0.2) is 11.5 Å². The normalized spacial score (nSPS) is 22.6. The predicted molar refractivity (Wildman–Crippen MR) is 65.4 cm³/mol. The van der Waals surface area contributed by atoms with Crippen molar-refractivity contribution in [3.8, 4) is 11.5 Å². The summed E-state index contributed by atoms with van der Waals surface area (Å²) in [5.41, 5.74) is 0. The Morgan fingerprint density at radius 1 is 1.35 bits per heavy atom. The molecule has 0 saturated carbocycles. The second-order valence-corrected chi connectivity index (χ2v) is 5.08. The third-order valence-electron chi connectivity index (χ3n) is 2.85. The van der Waals surface area contributed by atoms with Gasteiger partial charge in [0.1, 0.15) is 6.61 Å². The Labute approximate surface area is 104 Å². The summed E-state index contributed by atoms with van der Waals surface area (Å²) in [5.74, 6) is 3.18. The molecule has 3 rings (SSSR count). The molecule has 17 heavy (non-hydrogen) atoms. The van der Waals surface area contributed by atoms with Crippen molar-refractivity contribution < 1.29 is 14.3 Å². The van der Waals surface area contributed by atoms with Gasteiger partial charge in [-0.15, -0.1) is 11.8 Å². The zero-order valence-electron chi connectivity index (χ0n) is 9.30. The highest BCUT2D eigenvalue weighted by atomic mass is 32.2. The minimum absolute atomic E-state index is 0.0319. The minimum Gasteiger partial charge on any atom is -0.485 e. The molecular formula is C12H13NO3S. The van der Waals surface area contributed by atoms with Crippen molar-refractivity contribution in [1.82, 2.24) is 4.90 Å². The number of carbonyl (C=O) groups is 1. The van der Waals surface area contributed by atoms with Crippen LogP contribution in [0, 0.1) is 0 Å². The number of rotatable bonds is 1. The smallest absolute Gasteiger partial charge is 0.267 e. The monoisotopic (exact) mass is 251 g/mol. The fraction of sp³-hybridized carbons (Fsp3) is 0.417. The van der Waals surface area contributed by atoms with Crippen molar-refractivity contribution in [3.63, 3.8) is 0 Å². The first-order valence-corrected chi connectivity index (χ1v) is 6.75. The first-order chi connectivity index (χ1) is 8.34. The molecule has 4 nitrogen and oxygen atoms in total. The molecule has 0 aliphatic carbocycles. The predicted octanol–water partition coefficient (Wildman–Crippen LogP) is 1.36. The lowest BCUT2D eigenvalue weighted by atomic mass is 10.2. The highest BCUT2D eigenvalue weighted by Gasteiger charge is 2.32. The van der Waals surface area contributed by atoms with Crippen LogP contribution in [0.25, 0.3) is 0 Å². The van der Waals surface area contributed by atoms with Gasteiger partial charge in [0.2, 0.25) is 6.10 Å². The molecule has 2 heterocycles. The molecule has 0 N–H and O–H groups in total.